The van der Waals surface area contributed by atoms with Crippen LogP contribution in [0.15, 0.2) is 10.5 Å². The molecule has 1 nitrogen and oxygen atoms in total. The zero-order valence-electron chi connectivity index (χ0n) is 9.59. The van der Waals surface area contributed by atoms with Gasteiger partial charge in [-0.15, -0.1) is 11.3 Å². The molecule has 1 unspecified atom stereocenters. The Kier molecular flexibility index (Phi) is 5.37. The summed E-state index contributed by atoms with van der Waals surface area (Å²) in [6, 6.07) is 2.12. The highest BCUT2D eigenvalue weighted by Crippen LogP contribution is 2.44. The average molecular weight is 403 g/mol. The second-order valence-corrected chi connectivity index (χ2v) is 8.03. The lowest BCUT2D eigenvalue weighted by Gasteiger charge is -2.35. The highest BCUT2D eigenvalue weighted by atomic mass is 79.9. The first-order valence-electron chi connectivity index (χ1n) is 5.80. The van der Waals surface area contributed by atoms with Gasteiger partial charge >= 0.3 is 0 Å². The third-order valence-electron chi connectivity index (χ3n) is 3.11. The van der Waals surface area contributed by atoms with Gasteiger partial charge in [-0.2, -0.15) is 0 Å². The lowest BCUT2D eigenvalue weighted by molar-refractivity contribution is -0.0264. The predicted molar refractivity (Wildman–Crippen MR) is 81.5 cm³/mol. The summed E-state index contributed by atoms with van der Waals surface area (Å²) in [5, 5.41) is 0. The Balaban J connectivity index is 1.80. The highest BCUT2D eigenvalue weighted by Gasteiger charge is 2.31. The van der Waals surface area contributed by atoms with Crippen molar-refractivity contribution >= 4 is 54.8 Å². The maximum Gasteiger partial charge on any atom is 0.107 e. The van der Waals surface area contributed by atoms with Crippen molar-refractivity contribution in [2.45, 2.75) is 37.1 Å². The molecule has 0 N–H and O–H groups in total. The average Bonchev–Trinajstić information content (AvgIpc) is 2.56. The molecule has 1 heterocycles. The summed E-state index contributed by atoms with van der Waals surface area (Å²) in [7, 11) is 0. The van der Waals surface area contributed by atoms with Crippen LogP contribution in [0, 0.1) is 5.92 Å². The quantitative estimate of drug-likeness (QED) is 0.565. The molecule has 96 valence electrons. The van der Waals surface area contributed by atoms with Crippen molar-refractivity contribution in [3.05, 3.63) is 19.8 Å². The number of thiophene rings is 1. The molecule has 1 aliphatic rings. The van der Waals surface area contributed by atoms with Gasteiger partial charge in [-0.3, -0.25) is 0 Å². The third-order valence-corrected chi connectivity index (χ3v) is 6.87. The molecule has 1 aromatic heterocycles. The number of alkyl halides is 1. The van der Waals surface area contributed by atoms with Crippen LogP contribution < -0.4 is 0 Å². The van der Waals surface area contributed by atoms with Crippen molar-refractivity contribution < 1.29 is 4.74 Å². The lowest BCUT2D eigenvalue weighted by Crippen LogP contribution is -2.31. The minimum absolute atomic E-state index is 0.420. The Hall–Kier alpha value is 0.910. The van der Waals surface area contributed by atoms with Gasteiger partial charge in [0.25, 0.3) is 0 Å². The van der Waals surface area contributed by atoms with Gasteiger partial charge in [-0.05, 0) is 54.1 Å². The van der Waals surface area contributed by atoms with E-state index in [0.717, 1.165) is 21.3 Å². The Labute approximate surface area is 128 Å². The van der Waals surface area contributed by atoms with Crippen LogP contribution in [0.3, 0.4) is 0 Å². The summed E-state index contributed by atoms with van der Waals surface area (Å²) < 4.78 is 7.42. The van der Waals surface area contributed by atoms with E-state index in [4.69, 9.17) is 16.3 Å². The van der Waals surface area contributed by atoms with Crippen LogP contribution in [0.4, 0.5) is 0 Å². The molecular formula is C12H15Br2ClOS. The standard InChI is InChI=1S/C12H15Br2ClOS/c1-2-16-8-3-7(4-8)5-9(13)11-6-10(14)12(15)17-11/h6-9H,2-5H2,1H3. The van der Waals surface area contributed by atoms with E-state index in [1.807, 2.05) is 0 Å². The topological polar surface area (TPSA) is 9.23 Å². The van der Waals surface area contributed by atoms with E-state index in [9.17, 15) is 0 Å². The van der Waals surface area contributed by atoms with Gasteiger partial charge in [0, 0.05) is 20.8 Å². The van der Waals surface area contributed by atoms with Gasteiger partial charge in [-0.1, -0.05) is 27.5 Å². The molecular weight excluding hydrogens is 387 g/mol. The van der Waals surface area contributed by atoms with Crippen molar-refractivity contribution in [1.29, 1.82) is 0 Å². The predicted octanol–water partition coefficient (Wildman–Crippen LogP) is 5.81. The Morgan fingerprint density at radius 3 is 2.82 bits per heavy atom. The Morgan fingerprint density at radius 2 is 2.29 bits per heavy atom. The first kappa shape index (κ1) is 14.3. The molecule has 2 rings (SSSR count). The number of hydrogen-bond donors (Lipinski definition) is 0. The van der Waals surface area contributed by atoms with Crippen molar-refractivity contribution in [3.63, 3.8) is 0 Å². The van der Waals surface area contributed by atoms with E-state index in [-0.39, 0.29) is 0 Å². The van der Waals surface area contributed by atoms with Crippen molar-refractivity contribution in [3.8, 4) is 0 Å². The van der Waals surface area contributed by atoms with E-state index in [1.54, 1.807) is 11.3 Å². The van der Waals surface area contributed by atoms with E-state index >= 15 is 0 Å². The molecule has 1 aromatic rings. The summed E-state index contributed by atoms with van der Waals surface area (Å²) >= 11 is 14.9. The van der Waals surface area contributed by atoms with E-state index < -0.39 is 0 Å². The van der Waals surface area contributed by atoms with Gasteiger partial charge in [0.15, 0.2) is 0 Å². The van der Waals surface area contributed by atoms with Gasteiger partial charge < -0.3 is 4.74 Å². The highest BCUT2D eigenvalue weighted by molar-refractivity contribution is 9.10. The maximum atomic E-state index is 6.05. The summed E-state index contributed by atoms with van der Waals surface area (Å²) in [4.78, 5) is 1.73. The summed E-state index contributed by atoms with van der Waals surface area (Å²) in [6.45, 7) is 2.90. The fourth-order valence-electron chi connectivity index (χ4n) is 2.17. The van der Waals surface area contributed by atoms with Gasteiger partial charge in [-0.25, -0.2) is 0 Å². The number of hydrogen-bond acceptors (Lipinski definition) is 2. The van der Waals surface area contributed by atoms with E-state index in [2.05, 4.69) is 44.8 Å². The molecule has 0 aromatic carbocycles. The number of rotatable bonds is 5. The molecule has 1 fully saturated rings. The lowest BCUT2D eigenvalue weighted by atomic mass is 9.79. The van der Waals surface area contributed by atoms with Crippen LogP contribution in [-0.2, 0) is 4.74 Å². The Bertz CT molecular complexity index is 357. The van der Waals surface area contributed by atoms with Crippen LogP contribution >= 0.6 is 54.8 Å². The molecule has 0 bridgehead atoms. The molecule has 0 amide bonds. The Morgan fingerprint density at radius 1 is 1.59 bits per heavy atom. The first-order valence-corrected chi connectivity index (χ1v) is 8.70. The van der Waals surface area contributed by atoms with E-state index in [0.29, 0.717) is 10.9 Å². The van der Waals surface area contributed by atoms with Crippen LogP contribution in [0.1, 0.15) is 35.9 Å². The summed E-state index contributed by atoms with van der Waals surface area (Å²) in [5.74, 6) is 0.788. The monoisotopic (exact) mass is 400 g/mol. The van der Waals surface area contributed by atoms with E-state index in [1.165, 1.54) is 24.1 Å². The fraction of sp³-hybridized carbons (Fsp3) is 0.667. The second-order valence-electron chi connectivity index (χ2n) is 4.39. The smallest absolute Gasteiger partial charge is 0.107 e. The zero-order chi connectivity index (χ0) is 12.4. The molecule has 0 saturated heterocycles. The number of halogens is 3. The van der Waals surface area contributed by atoms with Crippen LogP contribution in [0.25, 0.3) is 0 Å². The van der Waals surface area contributed by atoms with Crippen LogP contribution in [0.5, 0.6) is 0 Å². The normalized spacial score (nSPS) is 25.6. The molecule has 1 saturated carbocycles. The molecule has 0 aliphatic heterocycles. The van der Waals surface area contributed by atoms with Crippen molar-refractivity contribution in [2.75, 3.05) is 6.61 Å². The zero-order valence-corrected chi connectivity index (χ0v) is 14.3. The van der Waals surface area contributed by atoms with Gasteiger partial charge in [0.2, 0.25) is 0 Å². The first-order chi connectivity index (χ1) is 8.10. The minimum atomic E-state index is 0.420. The van der Waals surface area contributed by atoms with Gasteiger partial charge in [0.05, 0.1) is 6.10 Å². The molecule has 5 heteroatoms. The molecule has 1 atom stereocenters. The molecule has 0 radical (unpaired) electrons. The molecule has 0 spiro atoms. The second kappa shape index (κ2) is 6.38. The van der Waals surface area contributed by atoms with Gasteiger partial charge in [0.1, 0.15) is 4.34 Å². The van der Waals surface area contributed by atoms with Crippen molar-refractivity contribution in [1.82, 2.24) is 0 Å². The number of ether oxygens (including phenoxy) is 1. The maximum absolute atomic E-state index is 6.05. The summed E-state index contributed by atoms with van der Waals surface area (Å²) in [6.07, 6.45) is 4.09. The molecule has 17 heavy (non-hydrogen) atoms. The van der Waals surface area contributed by atoms with Crippen LogP contribution in [0.2, 0.25) is 4.34 Å². The van der Waals surface area contributed by atoms with Crippen LogP contribution in [-0.4, -0.2) is 12.7 Å². The third kappa shape index (κ3) is 3.69. The van der Waals surface area contributed by atoms with Crippen molar-refractivity contribution in [2.24, 2.45) is 5.92 Å². The summed E-state index contributed by atoms with van der Waals surface area (Å²) in [5.41, 5.74) is 0. The molecule has 1 aliphatic carbocycles. The largest absolute Gasteiger partial charge is 0.378 e. The minimum Gasteiger partial charge on any atom is -0.378 e. The SMILES string of the molecule is CCOC1CC(CC(Br)c2cc(Br)c(Cl)s2)C1. The fourth-order valence-corrected chi connectivity index (χ4v) is 4.83.